The van der Waals surface area contributed by atoms with Gasteiger partial charge in [-0.05, 0) is 151 Å². The summed E-state index contributed by atoms with van der Waals surface area (Å²) in [5.41, 5.74) is 4.51. The number of benzene rings is 9. The molecule has 0 amide bonds. The van der Waals surface area contributed by atoms with Crippen LogP contribution in [0.2, 0.25) is 0 Å². The Hall–Kier alpha value is -7.79. The van der Waals surface area contributed by atoms with Gasteiger partial charge in [-0.1, -0.05) is 103 Å². The van der Waals surface area contributed by atoms with E-state index in [1.165, 1.54) is 18.2 Å². The summed E-state index contributed by atoms with van der Waals surface area (Å²) in [6.07, 6.45) is -13.8. The van der Waals surface area contributed by atoms with E-state index in [4.69, 9.17) is 9.97 Å². The lowest BCUT2D eigenvalue weighted by molar-refractivity contribution is -0.138. The SMILES string of the molecule is FC(F)(F)c1ccc2cc(-c3cc(-c4cc5ccc(C(F)(F)F)cc5cc4-c4ccccc4)cc(-c4nc5ccc(C(F)(F)F)cc5nc4-c4ccccc4)c3)c(-c3ccccc3)cc2c1. The van der Waals surface area contributed by atoms with E-state index in [0.717, 1.165) is 36.4 Å². The van der Waals surface area contributed by atoms with Crippen molar-refractivity contribution in [2.75, 3.05) is 0 Å². The highest BCUT2D eigenvalue weighted by Gasteiger charge is 2.33. The minimum Gasteiger partial charge on any atom is -0.244 e. The van der Waals surface area contributed by atoms with Gasteiger partial charge in [0, 0.05) is 11.1 Å². The summed E-state index contributed by atoms with van der Waals surface area (Å²) >= 11 is 0. The third kappa shape index (κ3) is 8.13. The molecule has 10 aromatic rings. The minimum absolute atomic E-state index is 0.0158. The summed E-state index contributed by atoms with van der Waals surface area (Å²) in [6, 6.07) is 50.3. The van der Waals surface area contributed by atoms with E-state index in [9.17, 15) is 39.5 Å². The Morgan fingerprint density at radius 3 is 1.06 bits per heavy atom. The van der Waals surface area contributed by atoms with Crippen LogP contribution in [-0.2, 0) is 18.5 Å². The van der Waals surface area contributed by atoms with Gasteiger partial charge >= 0.3 is 18.5 Å². The molecule has 0 saturated carbocycles. The van der Waals surface area contributed by atoms with Crippen LogP contribution in [0.25, 0.3) is 99.6 Å². The lowest BCUT2D eigenvalue weighted by atomic mass is 9.86. The van der Waals surface area contributed by atoms with Crippen molar-refractivity contribution in [3.8, 4) is 67.0 Å². The van der Waals surface area contributed by atoms with Gasteiger partial charge in [-0.15, -0.1) is 0 Å². The Labute approximate surface area is 371 Å². The molecule has 0 unspecified atom stereocenters. The summed E-state index contributed by atoms with van der Waals surface area (Å²) in [7, 11) is 0. The van der Waals surface area contributed by atoms with Gasteiger partial charge in [0.25, 0.3) is 0 Å². The van der Waals surface area contributed by atoms with Gasteiger partial charge in [-0.3, -0.25) is 0 Å². The maximum absolute atomic E-state index is 14.0. The Morgan fingerprint density at radius 1 is 0.258 bits per heavy atom. The molecule has 0 aliphatic rings. The second-order valence-electron chi connectivity index (χ2n) is 15.9. The number of alkyl halides is 9. The first-order valence-electron chi connectivity index (χ1n) is 20.6. The highest BCUT2D eigenvalue weighted by Crippen LogP contribution is 2.45. The van der Waals surface area contributed by atoms with Gasteiger partial charge in [-0.2, -0.15) is 39.5 Å². The summed E-state index contributed by atoms with van der Waals surface area (Å²) < 4.78 is 126. The van der Waals surface area contributed by atoms with Crippen molar-refractivity contribution in [3.63, 3.8) is 0 Å². The molecule has 10 rings (SSSR count). The Morgan fingerprint density at radius 2 is 0.606 bits per heavy atom. The fraction of sp³-hybridized carbons (Fsp3) is 0.0545. The van der Waals surface area contributed by atoms with Gasteiger partial charge in [-0.25, -0.2) is 9.97 Å². The smallest absolute Gasteiger partial charge is 0.244 e. The van der Waals surface area contributed by atoms with E-state index in [-0.39, 0.29) is 16.7 Å². The van der Waals surface area contributed by atoms with Gasteiger partial charge < -0.3 is 0 Å². The van der Waals surface area contributed by atoms with E-state index in [1.54, 1.807) is 42.5 Å². The van der Waals surface area contributed by atoms with Crippen LogP contribution in [0.5, 0.6) is 0 Å². The first-order chi connectivity index (χ1) is 31.6. The largest absolute Gasteiger partial charge is 0.416 e. The number of hydrogen-bond donors (Lipinski definition) is 0. The van der Waals surface area contributed by atoms with Crippen molar-refractivity contribution in [1.82, 2.24) is 9.97 Å². The zero-order valence-electron chi connectivity index (χ0n) is 34.2. The highest BCUT2D eigenvalue weighted by atomic mass is 19.4. The zero-order valence-corrected chi connectivity index (χ0v) is 34.2. The number of hydrogen-bond acceptors (Lipinski definition) is 2. The van der Waals surface area contributed by atoms with Gasteiger partial charge in [0.1, 0.15) is 0 Å². The number of fused-ring (bicyclic) bond motifs is 3. The molecule has 9 aromatic carbocycles. The van der Waals surface area contributed by atoms with Crippen LogP contribution in [0.15, 0.2) is 188 Å². The standard InChI is InChI=1S/C55H31F9N2/c56-53(57,58)42-18-16-35-27-47(45(29-37(35)25-42)32-10-4-1-5-11-32)39-22-40(48-28-36-17-19-43(54(59,60)61)26-38(36)30-46(48)33-12-6-2-7-13-33)24-41(23-39)52-51(34-14-8-3-9-15-34)66-50-31-44(55(62,63)64)20-21-49(50)65-52/h1-31H. The van der Waals surface area contributed by atoms with Crippen molar-refractivity contribution < 1.29 is 39.5 Å². The molecule has 0 fully saturated rings. The average Bonchev–Trinajstić information content (AvgIpc) is 3.32. The molecule has 0 radical (unpaired) electrons. The topological polar surface area (TPSA) is 25.8 Å². The number of rotatable bonds is 6. The predicted molar refractivity (Wildman–Crippen MR) is 242 cm³/mol. The van der Waals surface area contributed by atoms with Crippen LogP contribution in [0, 0.1) is 0 Å². The second-order valence-corrected chi connectivity index (χ2v) is 15.9. The number of halogens is 9. The summed E-state index contributed by atoms with van der Waals surface area (Å²) in [6.45, 7) is 0. The van der Waals surface area contributed by atoms with Crippen LogP contribution in [0.1, 0.15) is 16.7 Å². The fourth-order valence-corrected chi connectivity index (χ4v) is 8.44. The predicted octanol–water partition coefficient (Wildman–Crippen LogP) is 17.0. The normalized spacial score (nSPS) is 12.3. The molecule has 66 heavy (non-hydrogen) atoms. The molecule has 11 heteroatoms. The molecule has 0 spiro atoms. The summed E-state index contributed by atoms with van der Waals surface area (Å²) in [4.78, 5) is 9.82. The molecule has 0 aliphatic carbocycles. The van der Waals surface area contributed by atoms with Crippen LogP contribution in [0.4, 0.5) is 39.5 Å². The lowest BCUT2D eigenvalue weighted by Crippen LogP contribution is -2.05. The van der Waals surface area contributed by atoms with Crippen molar-refractivity contribution in [2.24, 2.45) is 0 Å². The number of aromatic nitrogens is 2. The van der Waals surface area contributed by atoms with E-state index in [1.807, 2.05) is 91.0 Å². The van der Waals surface area contributed by atoms with Crippen LogP contribution in [0.3, 0.4) is 0 Å². The van der Waals surface area contributed by atoms with E-state index >= 15 is 0 Å². The van der Waals surface area contributed by atoms with Crippen molar-refractivity contribution in [1.29, 1.82) is 0 Å². The molecule has 2 nitrogen and oxygen atoms in total. The molecule has 1 heterocycles. The molecule has 1 aromatic heterocycles. The van der Waals surface area contributed by atoms with E-state index in [2.05, 4.69) is 0 Å². The fourth-order valence-electron chi connectivity index (χ4n) is 8.44. The van der Waals surface area contributed by atoms with Crippen LogP contribution >= 0.6 is 0 Å². The Kier molecular flexibility index (Phi) is 10.2. The number of nitrogens with zero attached hydrogens (tertiary/aromatic N) is 2. The molecule has 0 aliphatic heterocycles. The maximum atomic E-state index is 14.0. The van der Waals surface area contributed by atoms with Gasteiger partial charge in [0.05, 0.1) is 39.1 Å². The molecular weight excluding hydrogens is 860 g/mol. The van der Waals surface area contributed by atoms with Crippen LogP contribution in [-0.4, -0.2) is 9.97 Å². The van der Waals surface area contributed by atoms with Crippen molar-refractivity contribution >= 4 is 32.6 Å². The molecular formula is C55H31F9N2. The highest BCUT2D eigenvalue weighted by molar-refractivity contribution is 6.02. The molecule has 324 valence electrons. The quantitative estimate of drug-likeness (QED) is 0.155. The van der Waals surface area contributed by atoms with Crippen molar-refractivity contribution in [3.05, 3.63) is 205 Å². The third-order valence-corrected chi connectivity index (χ3v) is 11.6. The summed E-state index contributed by atoms with van der Waals surface area (Å²) in [5, 5.41) is 1.76. The van der Waals surface area contributed by atoms with Gasteiger partial charge in [0.15, 0.2) is 0 Å². The second kappa shape index (κ2) is 16.0. The molecule has 0 bridgehead atoms. The molecule has 0 atom stereocenters. The van der Waals surface area contributed by atoms with Gasteiger partial charge in [0.2, 0.25) is 0 Å². The first-order valence-corrected chi connectivity index (χ1v) is 20.6. The Balaban J connectivity index is 1.31. The molecule has 0 saturated heterocycles. The van der Waals surface area contributed by atoms with Crippen molar-refractivity contribution in [2.45, 2.75) is 18.5 Å². The zero-order chi connectivity index (χ0) is 46.0. The minimum atomic E-state index is -4.64. The summed E-state index contributed by atoms with van der Waals surface area (Å²) in [5.74, 6) is 0. The van der Waals surface area contributed by atoms with E-state index in [0.29, 0.717) is 82.9 Å². The monoisotopic (exact) mass is 890 g/mol. The lowest BCUT2D eigenvalue weighted by Gasteiger charge is -2.19. The Bertz CT molecular complexity index is 3090. The average molecular weight is 891 g/mol. The maximum Gasteiger partial charge on any atom is 0.416 e. The van der Waals surface area contributed by atoms with E-state index < -0.39 is 35.2 Å². The molecule has 0 N–H and O–H groups in total. The third-order valence-electron chi connectivity index (χ3n) is 11.6. The van der Waals surface area contributed by atoms with Crippen LogP contribution < -0.4 is 0 Å². The first kappa shape index (κ1) is 42.2.